The predicted molar refractivity (Wildman–Crippen MR) is 70.8 cm³/mol. The number of aromatic hydroxyl groups is 1. The van der Waals surface area contributed by atoms with Crippen LogP contribution in [0.1, 0.15) is 20.7 Å². The number of hydrogen-bond acceptors (Lipinski definition) is 5. The van der Waals surface area contributed by atoms with Crippen LogP contribution in [0.2, 0.25) is 0 Å². The Morgan fingerprint density at radius 2 is 1.60 bits per heavy atom. The summed E-state index contributed by atoms with van der Waals surface area (Å²) in [6, 6.07) is 12.0. The van der Waals surface area contributed by atoms with Crippen molar-refractivity contribution in [3.63, 3.8) is 0 Å². The fourth-order valence-corrected chi connectivity index (χ4v) is 1.57. The first-order valence-corrected chi connectivity index (χ1v) is 5.80. The van der Waals surface area contributed by atoms with Crippen molar-refractivity contribution in [3.05, 3.63) is 59.7 Å². The number of rotatable bonds is 3. The van der Waals surface area contributed by atoms with E-state index in [0.29, 0.717) is 5.75 Å². The highest BCUT2D eigenvalue weighted by atomic mass is 16.6. The summed E-state index contributed by atoms with van der Waals surface area (Å²) >= 11 is 0. The first-order valence-electron chi connectivity index (χ1n) is 5.80. The summed E-state index contributed by atoms with van der Waals surface area (Å²) in [4.78, 5) is 23.5. The number of methoxy groups -OCH3 is 1. The standard InChI is InChI=1S/C15H12O5/c1-19-11-8-6-10(7-9-11)14(17)20-15(18)12-4-2-3-5-13(12)16/h2-9,16H,1H3. The minimum atomic E-state index is -0.899. The molecule has 0 radical (unpaired) electrons. The second-order valence-electron chi connectivity index (χ2n) is 3.92. The average Bonchev–Trinajstić information content (AvgIpc) is 2.47. The molecule has 2 aromatic carbocycles. The molecule has 1 N–H and O–H groups in total. The second kappa shape index (κ2) is 5.88. The Morgan fingerprint density at radius 3 is 2.20 bits per heavy atom. The Kier molecular flexibility index (Phi) is 4.00. The van der Waals surface area contributed by atoms with Crippen molar-refractivity contribution in [1.82, 2.24) is 0 Å². The zero-order valence-electron chi connectivity index (χ0n) is 10.7. The number of hydrogen-bond donors (Lipinski definition) is 1. The number of para-hydroxylation sites is 1. The van der Waals surface area contributed by atoms with E-state index in [-0.39, 0.29) is 16.9 Å². The Labute approximate surface area is 115 Å². The molecule has 102 valence electrons. The molecule has 0 heterocycles. The van der Waals surface area contributed by atoms with Crippen LogP contribution in [-0.2, 0) is 4.74 Å². The van der Waals surface area contributed by atoms with Gasteiger partial charge in [-0.1, -0.05) is 12.1 Å². The minimum Gasteiger partial charge on any atom is -0.507 e. The van der Waals surface area contributed by atoms with E-state index in [0.717, 1.165) is 0 Å². The highest BCUT2D eigenvalue weighted by Gasteiger charge is 2.17. The van der Waals surface area contributed by atoms with Gasteiger partial charge < -0.3 is 14.6 Å². The molecule has 0 amide bonds. The largest absolute Gasteiger partial charge is 0.507 e. The Hall–Kier alpha value is -2.82. The van der Waals surface area contributed by atoms with Crippen molar-refractivity contribution < 1.29 is 24.2 Å². The zero-order valence-corrected chi connectivity index (χ0v) is 10.7. The molecule has 0 aliphatic heterocycles. The lowest BCUT2D eigenvalue weighted by molar-refractivity contribution is 0.0396. The van der Waals surface area contributed by atoms with Crippen LogP contribution < -0.4 is 4.74 Å². The molecule has 2 aromatic rings. The van der Waals surface area contributed by atoms with Gasteiger partial charge in [-0.3, -0.25) is 0 Å². The number of phenols is 1. The van der Waals surface area contributed by atoms with E-state index in [9.17, 15) is 14.7 Å². The van der Waals surface area contributed by atoms with E-state index >= 15 is 0 Å². The maximum absolute atomic E-state index is 11.8. The second-order valence-corrected chi connectivity index (χ2v) is 3.92. The number of phenolic OH excluding ortho intramolecular Hbond substituents is 1. The van der Waals surface area contributed by atoms with Crippen LogP contribution in [0.5, 0.6) is 11.5 Å². The molecule has 0 bridgehead atoms. The van der Waals surface area contributed by atoms with Crippen LogP contribution >= 0.6 is 0 Å². The lowest BCUT2D eigenvalue weighted by Gasteiger charge is -2.05. The summed E-state index contributed by atoms with van der Waals surface area (Å²) in [5.74, 6) is -1.33. The topological polar surface area (TPSA) is 72.8 Å². The molecule has 0 atom stereocenters. The van der Waals surface area contributed by atoms with Crippen LogP contribution in [0.25, 0.3) is 0 Å². The van der Waals surface area contributed by atoms with Crippen molar-refractivity contribution in [2.24, 2.45) is 0 Å². The van der Waals surface area contributed by atoms with Crippen LogP contribution in [-0.4, -0.2) is 24.2 Å². The van der Waals surface area contributed by atoms with Gasteiger partial charge in [-0.25, -0.2) is 9.59 Å². The van der Waals surface area contributed by atoms with Crippen LogP contribution in [0.15, 0.2) is 48.5 Å². The minimum absolute atomic E-state index is 0.0608. The first-order chi connectivity index (χ1) is 9.61. The number of carbonyl (C=O) groups is 2. The highest BCUT2D eigenvalue weighted by molar-refractivity contribution is 6.03. The molecule has 2 rings (SSSR count). The number of ether oxygens (including phenoxy) is 2. The van der Waals surface area contributed by atoms with Gasteiger partial charge in [-0.05, 0) is 36.4 Å². The molecule has 5 heteroatoms. The Morgan fingerprint density at radius 1 is 0.950 bits per heavy atom. The van der Waals surface area contributed by atoms with E-state index in [4.69, 9.17) is 9.47 Å². The monoisotopic (exact) mass is 272 g/mol. The van der Waals surface area contributed by atoms with Gasteiger partial charge in [0.1, 0.15) is 17.1 Å². The average molecular weight is 272 g/mol. The first kappa shape index (κ1) is 13.6. The highest BCUT2D eigenvalue weighted by Crippen LogP contribution is 2.18. The van der Waals surface area contributed by atoms with E-state index in [2.05, 4.69) is 0 Å². The van der Waals surface area contributed by atoms with Crippen molar-refractivity contribution in [2.75, 3.05) is 7.11 Å². The van der Waals surface area contributed by atoms with Crippen molar-refractivity contribution in [3.8, 4) is 11.5 Å². The smallest absolute Gasteiger partial charge is 0.349 e. The van der Waals surface area contributed by atoms with Gasteiger partial charge in [0.2, 0.25) is 0 Å². The molecular formula is C15H12O5. The lowest BCUT2D eigenvalue weighted by atomic mass is 10.2. The third-order valence-electron chi connectivity index (χ3n) is 2.64. The molecule has 0 fully saturated rings. The molecule has 0 saturated heterocycles. The van der Waals surface area contributed by atoms with Gasteiger partial charge in [0.25, 0.3) is 0 Å². The fourth-order valence-electron chi connectivity index (χ4n) is 1.57. The van der Waals surface area contributed by atoms with E-state index < -0.39 is 11.9 Å². The molecule has 0 aromatic heterocycles. The lowest BCUT2D eigenvalue weighted by Crippen LogP contribution is -2.12. The normalized spacial score (nSPS) is 9.85. The molecule has 20 heavy (non-hydrogen) atoms. The molecule has 5 nitrogen and oxygen atoms in total. The van der Waals surface area contributed by atoms with E-state index in [1.165, 1.54) is 31.4 Å². The summed E-state index contributed by atoms with van der Waals surface area (Å²) in [7, 11) is 1.51. The van der Waals surface area contributed by atoms with Crippen LogP contribution in [0.4, 0.5) is 0 Å². The van der Waals surface area contributed by atoms with Crippen LogP contribution in [0, 0.1) is 0 Å². The zero-order chi connectivity index (χ0) is 14.5. The molecular weight excluding hydrogens is 260 g/mol. The molecule has 0 aliphatic rings. The van der Waals surface area contributed by atoms with Gasteiger partial charge in [0.15, 0.2) is 0 Å². The number of esters is 2. The van der Waals surface area contributed by atoms with E-state index in [1.54, 1.807) is 24.3 Å². The number of carbonyl (C=O) groups excluding carboxylic acids is 2. The van der Waals surface area contributed by atoms with E-state index in [1.807, 2.05) is 0 Å². The fraction of sp³-hybridized carbons (Fsp3) is 0.0667. The van der Waals surface area contributed by atoms with Gasteiger partial charge in [-0.15, -0.1) is 0 Å². The predicted octanol–water partition coefficient (Wildman–Crippen LogP) is 2.40. The van der Waals surface area contributed by atoms with Crippen LogP contribution in [0.3, 0.4) is 0 Å². The maximum atomic E-state index is 11.8. The Bertz CT molecular complexity index is 631. The quantitative estimate of drug-likeness (QED) is 0.686. The molecule has 0 aliphatic carbocycles. The maximum Gasteiger partial charge on any atom is 0.349 e. The molecule has 0 spiro atoms. The SMILES string of the molecule is COc1ccc(C(=O)OC(=O)c2ccccc2O)cc1. The number of benzene rings is 2. The van der Waals surface area contributed by atoms with Crippen molar-refractivity contribution >= 4 is 11.9 Å². The van der Waals surface area contributed by atoms with Crippen molar-refractivity contribution in [2.45, 2.75) is 0 Å². The molecule has 0 saturated carbocycles. The van der Waals surface area contributed by atoms with Gasteiger partial charge >= 0.3 is 11.9 Å². The summed E-state index contributed by atoms with van der Waals surface area (Å²) in [6.45, 7) is 0. The summed E-state index contributed by atoms with van der Waals surface area (Å²) in [5.41, 5.74) is 0.156. The third kappa shape index (κ3) is 2.95. The van der Waals surface area contributed by atoms with Gasteiger partial charge in [0.05, 0.1) is 12.7 Å². The third-order valence-corrected chi connectivity index (χ3v) is 2.64. The summed E-state index contributed by atoms with van der Waals surface area (Å²) in [6.07, 6.45) is 0. The van der Waals surface area contributed by atoms with Gasteiger partial charge in [0, 0.05) is 0 Å². The summed E-state index contributed by atoms with van der Waals surface area (Å²) in [5, 5.41) is 9.50. The Balaban J connectivity index is 2.11. The summed E-state index contributed by atoms with van der Waals surface area (Å²) < 4.78 is 9.66. The van der Waals surface area contributed by atoms with Crippen molar-refractivity contribution in [1.29, 1.82) is 0 Å². The van der Waals surface area contributed by atoms with Gasteiger partial charge in [-0.2, -0.15) is 0 Å². The molecule has 0 unspecified atom stereocenters.